The van der Waals surface area contributed by atoms with Crippen molar-refractivity contribution < 1.29 is 24.1 Å². The van der Waals surface area contributed by atoms with E-state index in [1.165, 1.54) is 4.57 Å². The lowest BCUT2D eigenvalue weighted by molar-refractivity contribution is -0.140. The van der Waals surface area contributed by atoms with Crippen LogP contribution in [0, 0.1) is 6.92 Å². The maximum absolute atomic E-state index is 13.5. The molecule has 236 valence electrons. The predicted octanol–water partition coefficient (Wildman–Crippen LogP) is 3.26. The second-order valence-corrected chi connectivity index (χ2v) is 11.4. The number of carbonyl (C=O) groups is 3. The second kappa shape index (κ2) is 17.0. The Balaban J connectivity index is 0.00000882. The van der Waals surface area contributed by atoms with Crippen LogP contribution in [0.3, 0.4) is 0 Å². The van der Waals surface area contributed by atoms with E-state index in [9.17, 15) is 24.3 Å². The molecule has 2 heterocycles. The molecule has 0 aliphatic carbocycles. The fourth-order valence-corrected chi connectivity index (χ4v) is 4.26. The first-order valence-electron chi connectivity index (χ1n) is 14.2. The fourth-order valence-electron chi connectivity index (χ4n) is 4.26. The molecule has 2 rings (SSSR count). The van der Waals surface area contributed by atoms with Crippen molar-refractivity contribution in [1.82, 2.24) is 30.1 Å². The van der Waals surface area contributed by atoms with E-state index < -0.39 is 47.1 Å². The normalized spacial score (nSPS) is 12.9. The summed E-state index contributed by atoms with van der Waals surface area (Å²) in [5.74, 6) is -2.20. The van der Waals surface area contributed by atoms with Gasteiger partial charge in [0, 0.05) is 11.6 Å². The van der Waals surface area contributed by atoms with Crippen molar-refractivity contribution in [2.45, 2.75) is 104 Å². The van der Waals surface area contributed by atoms with Gasteiger partial charge in [-0.2, -0.15) is 0 Å². The molecular formula is C28H46ClN7O6. The first-order chi connectivity index (χ1) is 19.3. The number of amides is 1. The third kappa shape index (κ3) is 10.8. The fraction of sp³-hybridized carbons (Fsp3) is 0.679. The molecule has 0 radical (unpaired) electrons. The van der Waals surface area contributed by atoms with Gasteiger partial charge in [-0.05, 0) is 33.4 Å². The standard InChI is InChI=1S/C28H45N7O6.ClH/c1-8-10-11-12-13-34(7)16-22(36)19(14-24(37)38)30-26(39)21(9-2)35-17-23(28(4,5)6)31-25(27(35)40)29-15-20-18(3)32-41-33-20;/h17,19,21H,8-16H2,1-7H3,(H,29,31)(H,30,39)(H,37,38);1H. The molecule has 42 heavy (non-hydrogen) atoms. The van der Waals surface area contributed by atoms with Gasteiger partial charge in [0.1, 0.15) is 17.4 Å². The zero-order chi connectivity index (χ0) is 30.7. The Morgan fingerprint density at radius 2 is 1.83 bits per heavy atom. The average molecular weight is 612 g/mol. The summed E-state index contributed by atoms with van der Waals surface area (Å²) in [6, 6.07) is -2.23. The van der Waals surface area contributed by atoms with E-state index in [0.717, 1.165) is 25.7 Å². The number of carboxylic acids is 1. The van der Waals surface area contributed by atoms with Gasteiger partial charge in [-0.25, -0.2) is 9.61 Å². The second-order valence-electron chi connectivity index (χ2n) is 11.4. The largest absolute Gasteiger partial charge is 0.481 e. The number of hydrogen-bond acceptors (Lipinski definition) is 10. The number of carboxylic acid groups (broad SMARTS) is 1. The Bertz CT molecular complexity index is 1240. The van der Waals surface area contributed by atoms with Gasteiger partial charge in [-0.3, -0.25) is 28.6 Å². The van der Waals surface area contributed by atoms with E-state index >= 15 is 0 Å². The van der Waals surface area contributed by atoms with Gasteiger partial charge in [-0.1, -0.05) is 64.2 Å². The van der Waals surface area contributed by atoms with Crippen LogP contribution < -0.4 is 16.2 Å². The zero-order valence-electron chi connectivity index (χ0n) is 25.7. The Morgan fingerprint density at radius 3 is 2.38 bits per heavy atom. The molecule has 2 unspecified atom stereocenters. The zero-order valence-corrected chi connectivity index (χ0v) is 26.5. The molecule has 3 N–H and O–H groups in total. The van der Waals surface area contributed by atoms with Crippen molar-refractivity contribution >= 4 is 35.9 Å². The van der Waals surface area contributed by atoms with E-state index in [0.29, 0.717) is 23.6 Å². The van der Waals surface area contributed by atoms with Crippen LogP contribution in [0.25, 0.3) is 0 Å². The summed E-state index contributed by atoms with van der Waals surface area (Å²) in [7, 11) is 1.80. The monoisotopic (exact) mass is 611 g/mol. The van der Waals surface area contributed by atoms with Gasteiger partial charge < -0.3 is 15.7 Å². The molecule has 0 fully saturated rings. The number of unbranched alkanes of at least 4 members (excludes halogenated alkanes) is 3. The Hall–Kier alpha value is -3.32. The molecular weight excluding hydrogens is 566 g/mol. The Kier molecular flexibility index (Phi) is 14.8. The van der Waals surface area contributed by atoms with Gasteiger partial charge in [-0.15, -0.1) is 12.4 Å². The van der Waals surface area contributed by atoms with Crippen molar-refractivity contribution in [3.05, 3.63) is 33.6 Å². The van der Waals surface area contributed by atoms with E-state index in [4.69, 9.17) is 4.63 Å². The van der Waals surface area contributed by atoms with E-state index in [-0.39, 0.29) is 37.7 Å². The molecule has 2 aromatic heterocycles. The summed E-state index contributed by atoms with van der Waals surface area (Å²) in [5, 5.41) is 22.6. The molecule has 0 aromatic carbocycles. The predicted molar refractivity (Wildman–Crippen MR) is 161 cm³/mol. The molecule has 0 saturated heterocycles. The molecule has 0 aliphatic heterocycles. The molecule has 0 spiro atoms. The number of nitrogens with one attached hydrogen (secondary N) is 2. The topological polar surface area (TPSA) is 173 Å². The SMILES string of the molecule is CCCCCCN(C)CC(=O)C(CC(=O)O)NC(=O)C(CC)n1cc(C(C)(C)C)nc(NCc2nonc2C)c1=O.Cl. The van der Waals surface area contributed by atoms with Crippen LogP contribution in [0.1, 0.15) is 96.3 Å². The van der Waals surface area contributed by atoms with Gasteiger partial charge in [0.15, 0.2) is 11.6 Å². The number of aromatic nitrogens is 4. The van der Waals surface area contributed by atoms with Crippen LogP contribution in [0.15, 0.2) is 15.6 Å². The number of hydrogen-bond donors (Lipinski definition) is 3. The van der Waals surface area contributed by atoms with Crippen molar-refractivity contribution in [1.29, 1.82) is 0 Å². The molecule has 0 bridgehead atoms. The maximum atomic E-state index is 13.5. The lowest BCUT2D eigenvalue weighted by Crippen LogP contribution is -2.49. The summed E-state index contributed by atoms with van der Waals surface area (Å²) >= 11 is 0. The third-order valence-electron chi connectivity index (χ3n) is 6.80. The number of ketones is 1. The summed E-state index contributed by atoms with van der Waals surface area (Å²) in [6.45, 7) is 12.2. The number of nitrogens with zero attached hydrogens (tertiary/aromatic N) is 5. The van der Waals surface area contributed by atoms with Crippen molar-refractivity contribution in [3.63, 3.8) is 0 Å². The summed E-state index contributed by atoms with van der Waals surface area (Å²) in [4.78, 5) is 58.0. The summed E-state index contributed by atoms with van der Waals surface area (Å²) in [5.41, 5.74) is 0.631. The molecule has 13 nitrogen and oxygen atoms in total. The quantitative estimate of drug-likeness (QED) is 0.224. The van der Waals surface area contributed by atoms with Crippen molar-refractivity contribution in [3.8, 4) is 0 Å². The molecule has 14 heteroatoms. The van der Waals surface area contributed by atoms with Crippen LogP contribution in [-0.2, 0) is 26.3 Å². The first-order valence-corrected chi connectivity index (χ1v) is 14.2. The molecule has 0 aliphatic rings. The van der Waals surface area contributed by atoms with Crippen LogP contribution in [0.5, 0.6) is 0 Å². The number of halogens is 1. The number of Topliss-reactive ketones (excluding diaryl/α,β-unsaturated/α-hetero) is 1. The maximum Gasteiger partial charge on any atom is 0.305 e. The average Bonchev–Trinajstić information content (AvgIpc) is 3.30. The number of anilines is 1. The minimum Gasteiger partial charge on any atom is -0.481 e. The first kappa shape index (κ1) is 36.7. The van der Waals surface area contributed by atoms with Gasteiger partial charge >= 0.3 is 5.97 Å². The van der Waals surface area contributed by atoms with Crippen molar-refractivity contribution in [2.75, 3.05) is 25.5 Å². The Labute approximate surface area is 253 Å². The van der Waals surface area contributed by atoms with Crippen LogP contribution in [0.2, 0.25) is 0 Å². The lowest BCUT2D eigenvalue weighted by Gasteiger charge is -2.26. The van der Waals surface area contributed by atoms with Gasteiger partial charge in [0.05, 0.1) is 31.2 Å². The van der Waals surface area contributed by atoms with Crippen LogP contribution in [-0.4, -0.2) is 73.7 Å². The van der Waals surface area contributed by atoms with Gasteiger partial charge in [0.2, 0.25) is 5.91 Å². The number of likely N-dealkylation sites (N-methyl/N-ethyl adjacent to an activating group) is 1. The van der Waals surface area contributed by atoms with Crippen LogP contribution in [0.4, 0.5) is 5.82 Å². The Morgan fingerprint density at radius 1 is 1.14 bits per heavy atom. The molecule has 2 atom stereocenters. The third-order valence-corrected chi connectivity index (χ3v) is 6.80. The van der Waals surface area contributed by atoms with E-state index in [1.54, 1.807) is 27.1 Å². The molecule has 2 aromatic rings. The van der Waals surface area contributed by atoms with Crippen LogP contribution >= 0.6 is 12.4 Å². The van der Waals surface area contributed by atoms with Crippen molar-refractivity contribution in [2.24, 2.45) is 0 Å². The number of rotatable bonds is 17. The summed E-state index contributed by atoms with van der Waals surface area (Å²) < 4.78 is 6.01. The summed E-state index contributed by atoms with van der Waals surface area (Å²) in [6.07, 6.45) is 5.39. The lowest BCUT2D eigenvalue weighted by atomic mass is 9.92. The molecule has 1 amide bonds. The van der Waals surface area contributed by atoms with Gasteiger partial charge in [0.25, 0.3) is 5.56 Å². The number of carbonyl (C=O) groups excluding carboxylic acids is 2. The molecule has 0 saturated carbocycles. The number of aryl methyl sites for hydroxylation is 1. The number of aliphatic carboxylic acids is 1. The highest BCUT2D eigenvalue weighted by Crippen LogP contribution is 2.22. The highest BCUT2D eigenvalue weighted by atomic mass is 35.5. The van der Waals surface area contributed by atoms with E-state index in [2.05, 4.69) is 32.9 Å². The highest BCUT2D eigenvalue weighted by molar-refractivity contribution is 5.94. The highest BCUT2D eigenvalue weighted by Gasteiger charge is 2.30. The van der Waals surface area contributed by atoms with E-state index in [1.807, 2.05) is 25.7 Å². The minimum atomic E-state index is -1.23. The minimum absolute atomic E-state index is 0. The smallest absolute Gasteiger partial charge is 0.305 e.